The minimum atomic E-state index is 0.0136. The van der Waals surface area contributed by atoms with E-state index in [0.29, 0.717) is 13.1 Å². The van der Waals surface area contributed by atoms with E-state index in [0.717, 1.165) is 25.2 Å². The van der Waals surface area contributed by atoms with Crippen molar-refractivity contribution in [3.8, 4) is 0 Å². The molecule has 0 saturated carbocycles. The molecule has 0 aliphatic carbocycles. The van der Waals surface area contributed by atoms with Crippen LogP contribution in [0.5, 0.6) is 0 Å². The Morgan fingerprint density at radius 3 is 3.09 bits per heavy atom. The van der Waals surface area contributed by atoms with Crippen molar-refractivity contribution in [2.24, 2.45) is 7.05 Å². The van der Waals surface area contributed by atoms with E-state index in [4.69, 9.17) is 0 Å². The van der Waals surface area contributed by atoms with Crippen molar-refractivity contribution in [2.75, 3.05) is 13.1 Å². The Morgan fingerprint density at radius 1 is 1.55 bits per heavy atom. The molecule has 2 aromatic heterocycles. The first-order chi connectivity index (χ1) is 10.6. The highest BCUT2D eigenvalue weighted by Gasteiger charge is 2.27. The van der Waals surface area contributed by atoms with Crippen molar-refractivity contribution in [1.29, 1.82) is 0 Å². The number of aromatic nitrogens is 3. The van der Waals surface area contributed by atoms with Gasteiger partial charge in [0.2, 0.25) is 0 Å². The molecule has 118 valence electrons. The first kappa shape index (κ1) is 15.0. The zero-order chi connectivity index (χ0) is 15.5. The number of urea groups is 1. The van der Waals surface area contributed by atoms with E-state index in [9.17, 15) is 4.79 Å². The number of hydrogen-bond acceptors (Lipinski definition) is 4. The summed E-state index contributed by atoms with van der Waals surface area (Å²) in [4.78, 5) is 15.5. The summed E-state index contributed by atoms with van der Waals surface area (Å²) in [6, 6.07) is 2.09. The molecule has 7 heteroatoms. The molecule has 0 aromatic carbocycles. The third-order valence-electron chi connectivity index (χ3n) is 4.19. The van der Waals surface area contributed by atoms with Crippen LogP contribution in [-0.4, -0.2) is 38.8 Å². The maximum atomic E-state index is 12.4. The smallest absolute Gasteiger partial charge is 0.317 e. The molecule has 0 unspecified atom stereocenters. The average molecular weight is 319 g/mol. The van der Waals surface area contributed by atoms with E-state index in [1.54, 1.807) is 17.7 Å². The monoisotopic (exact) mass is 319 g/mol. The summed E-state index contributed by atoms with van der Waals surface area (Å²) in [5, 5.41) is 13.2. The standard InChI is InChI=1S/C15H21N5OS/c1-11-5-7-22-13(11)8-16-15(21)20-6-3-4-12(9-20)14-18-17-10-19(14)2/h5,7,10,12H,3-4,6,8-9H2,1-2H3,(H,16,21)/t12-/m1/s1. The number of likely N-dealkylation sites (tertiary alicyclic amines) is 1. The van der Waals surface area contributed by atoms with E-state index in [1.807, 2.05) is 16.5 Å². The average Bonchev–Trinajstić information content (AvgIpc) is 3.13. The van der Waals surface area contributed by atoms with Gasteiger partial charge in [0.25, 0.3) is 0 Å². The van der Waals surface area contributed by atoms with Crippen LogP contribution in [0.1, 0.15) is 35.0 Å². The number of aryl methyl sites for hydroxylation is 2. The molecule has 1 atom stereocenters. The summed E-state index contributed by atoms with van der Waals surface area (Å²) in [6.07, 6.45) is 3.78. The Morgan fingerprint density at radius 2 is 2.41 bits per heavy atom. The zero-order valence-corrected chi connectivity index (χ0v) is 13.8. The van der Waals surface area contributed by atoms with E-state index >= 15 is 0 Å². The fraction of sp³-hybridized carbons (Fsp3) is 0.533. The van der Waals surface area contributed by atoms with E-state index in [2.05, 4.69) is 33.9 Å². The van der Waals surface area contributed by atoms with Gasteiger partial charge in [-0.05, 0) is 36.8 Å². The third kappa shape index (κ3) is 3.14. The fourth-order valence-corrected chi connectivity index (χ4v) is 3.73. The number of hydrogen-bond donors (Lipinski definition) is 1. The van der Waals surface area contributed by atoms with Crippen LogP contribution in [-0.2, 0) is 13.6 Å². The van der Waals surface area contributed by atoms with Crippen molar-refractivity contribution < 1.29 is 4.79 Å². The van der Waals surface area contributed by atoms with Gasteiger partial charge in [-0.25, -0.2) is 4.79 Å². The molecule has 0 radical (unpaired) electrons. The van der Waals surface area contributed by atoms with E-state index in [1.165, 1.54) is 10.4 Å². The molecule has 1 saturated heterocycles. The summed E-state index contributed by atoms with van der Waals surface area (Å²) in [7, 11) is 1.95. The zero-order valence-electron chi connectivity index (χ0n) is 13.0. The topological polar surface area (TPSA) is 63.1 Å². The molecule has 1 aliphatic rings. The molecule has 2 aromatic rings. The SMILES string of the molecule is Cc1ccsc1CNC(=O)N1CCC[C@@H](c2nncn2C)C1. The van der Waals surface area contributed by atoms with Crippen molar-refractivity contribution in [1.82, 2.24) is 25.0 Å². The second-order valence-corrected chi connectivity index (χ2v) is 6.77. The highest BCUT2D eigenvalue weighted by Crippen LogP contribution is 2.25. The van der Waals surface area contributed by atoms with Crippen LogP contribution < -0.4 is 5.32 Å². The number of nitrogens with zero attached hydrogens (tertiary/aromatic N) is 4. The number of amides is 2. The Balaban J connectivity index is 1.58. The quantitative estimate of drug-likeness (QED) is 0.944. The molecule has 3 rings (SSSR count). The molecule has 22 heavy (non-hydrogen) atoms. The maximum Gasteiger partial charge on any atom is 0.317 e. The predicted molar refractivity (Wildman–Crippen MR) is 85.8 cm³/mol. The molecule has 6 nitrogen and oxygen atoms in total. The molecule has 0 bridgehead atoms. The van der Waals surface area contributed by atoms with Crippen molar-refractivity contribution in [2.45, 2.75) is 32.2 Å². The molecule has 1 N–H and O–H groups in total. The molecule has 1 aliphatic heterocycles. The lowest BCUT2D eigenvalue weighted by molar-refractivity contribution is 0.177. The number of piperidine rings is 1. The minimum absolute atomic E-state index is 0.0136. The molecule has 0 spiro atoms. The molecular weight excluding hydrogens is 298 g/mol. The number of nitrogens with one attached hydrogen (secondary N) is 1. The second kappa shape index (κ2) is 6.48. The highest BCUT2D eigenvalue weighted by atomic mass is 32.1. The van der Waals surface area contributed by atoms with E-state index < -0.39 is 0 Å². The molecule has 1 fully saturated rings. The summed E-state index contributed by atoms with van der Waals surface area (Å²) in [5.41, 5.74) is 1.24. The maximum absolute atomic E-state index is 12.4. The summed E-state index contributed by atoms with van der Waals surface area (Å²) < 4.78 is 1.95. The Kier molecular flexibility index (Phi) is 4.42. The van der Waals surface area contributed by atoms with Crippen LogP contribution in [0, 0.1) is 6.92 Å². The van der Waals surface area contributed by atoms with Crippen molar-refractivity contribution in [3.63, 3.8) is 0 Å². The van der Waals surface area contributed by atoms with Gasteiger partial charge in [0.05, 0.1) is 6.54 Å². The normalized spacial score (nSPS) is 18.5. The fourth-order valence-electron chi connectivity index (χ4n) is 2.89. The predicted octanol–water partition coefficient (Wildman–Crippen LogP) is 2.27. The van der Waals surface area contributed by atoms with Crippen LogP contribution in [0.3, 0.4) is 0 Å². The van der Waals surface area contributed by atoms with Gasteiger partial charge in [-0.1, -0.05) is 0 Å². The van der Waals surface area contributed by atoms with E-state index in [-0.39, 0.29) is 11.9 Å². The largest absolute Gasteiger partial charge is 0.333 e. The highest BCUT2D eigenvalue weighted by molar-refractivity contribution is 7.10. The first-order valence-electron chi connectivity index (χ1n) is 7.55. The van der Waals surface area contributed by atoms with Gasteiger partial charge in [-0.15, -0.1) is 21.5 Å². The van der Waals surface area contributed by atoms with Gasteiger partial charge < -0.3 is 14.8 Å². The van der Waals surface area contributed by atoms with Crippen LogP contribution in [0.4, 0.5) is 4.79 Å². The van der Waals surface area contributed by atoms with Crippen molar-refractivity contribution >= 4 is 17.4 Å². The summed E-state index contributed by atoms with van der Waals surface area (Å²) >= 11 is 1.68. The van der Waals surface area contributed by atoms with Gasteiger partial charge >= 0.3 is 6.03 Å². The number of carbonyl (C=O) groups excluding carboxylic acids is 1. The van der Waals surface area contributed by atoms with Crippen LogP contribution in [0.2, 0.25) is 0 Å². The van der Waals surface area contributed by atoms with Gasteiger partial charge in [0, 0.05) is 30.9 Å². The summed E-state index contributed by atoms with van der Waals surface area (Å²) in [6.45, 7) is 4.20. The number of carbonyl (C=O) groups is 1. The van der Waals surface area contributed by atoms with Crippen LogP contribution in [0.15, 0.2) is 17.8 Å². The van der Waals surface area contributed by atoms with Crippen LogP contribution >= 0.6 is 11.3 Å². The second-order valence-electron chi connectivity index (χ2n) is 5.77. The lowest BCUT2D eigenvalue weighted by atomic mass is 9.97. The molecular formula is C15H21N5OS. The Labute approximate surface area is 134 Å². The minimum Gasteiger partial charge on any atom is -0.333 e. The molecule has 2 amide bonds. The van der Waals surface area contributed by atoms with Gasteiger partial charge in [0.15, 0.2) is 0 Å². The Hall–Kier alpha value is -1.89. The third-order valence-corrected chi connectivity index (χ3v) is 5.21. The van der Waals surface area contributed by atoms with Gasteiger partial charge in [0.1, 0.15) is 12.2 Å². The first-order valence-corrected chi connectivity index (χ1v) is 8.42. The lowest BCUT2D eigenvalue weighted by Crippen LogP contribution is -2.45. The van der Waals surface area contributed by atoms with Gasteiger partial charge in [-0.2, -0.15) is 0 Å². The number of thiophene rings is 1. The van der Waals surface area contributed by atoms with Crippen molar-refractivity contribution in [3.05, 3.63) is 34.0 Å². The van der Waals surface area contributed by atoms with Crippen LogP contribution in [0.25, 0.3) is 0 Å². The Bertz CT molecular complexity index is 650. The summed E-state index contributed by atoms with van der Waals surface area (Å²) in [5.74, 6) is 1.24. The number of rotatable bonds is 3. The van der Waals surface area contributed by atoms with Gasteiger partial charge in [-0.3, -0.25) is 0 Å². The lowest BCUT2D eigenvalue weighted by Gasteiger charge is -2.32. The molecule has 3 heterocycles.